The standard InChI is InChI=1S/C15H10ClN3O4/c16-10-5-3-9(4-6-10)14-12(8-13(20)21)18-7-1-2-11(19(22)23)15(18)17-14/h1-7H,8H2,(H,20,21). The fourth-order valence-corrected chi connectivity index (χ4v) is 2.52. The summed E-state index contributed by atoms with van der Waals surface area (Å²) in [5, 5.41) is 20.8. The number of halogens is 1. The number of rotatable bonds is 4. The van der Waals surface area contributed by atoms with Crippen molar-refractivity contribution in [2.75, 3.05) is 0 Å². The third-order valence-electron chi connectivity index (χ3n) is 3.36. The molecule has 3 aromatic rings. The highest BCUT2D eigenvalue weighted by molar-refractivity contribution is 6.30. The van der Waals surface area contributed by atoms with E-state index in [1.54, 1.807) is 30.5 Å². The van der Waals surface area contributed by atoms with Gasteiger partial charge in [0.25, 0.3) is 0 Å². The van der Waals surface area contributed by atoms with Gasteiger partial charge in [-0.15, -0.1) is 0 Å². The lowest BCUT2D eigenvalue weighted by Gasteiger charge is -2.03. The molecule has 0 spiro atoms. The smallest absolute Gasteiger partial charge is 0.312 e. The summed E-state index contributed by atoms with van der Waals surface area (Å²) in [5.74, 6) is -1.05. The number of hydrogen-bond acceptors (Lipinski definition) is 4. The zero-order valence-corrected chi connectivity index (χ0v) is 12.4. The predicted octanol–water partition coefficient (Wildman–Crippen LogP) is 3.19. The first-order valence-corrected chi connectivity index (χ1v) is 6.97. The molecule has 0 amide bonds. The van der Waals surface area contributed by atoms with Crippen molar-refractivity contribution in [2.24, 2.45) is 0 Å². The van der Waals surface area contributed by atoms with Crippen LogP contribution in [0.2, 0.25) is 5.02 Å². The molecule has 0 atom stereocenters. The molecule has 2 heterocycles. The molecule has 3 rings (SSSR count). The van der Waals surface area contributed by atoms with E-state index in [9.17, 15) is 14.9 Å². The Morgan fingerprint density at radius 2 is 2.00 bits per heavy atom. The van der Waals surface area contributed by atoms with Crippen LogP contribution in [0.5, 0.6) is 0 Å². The monoisotopic (exact) mass is 331 g/mol. The summed E-state index contributed by atoms with van der Waals surface area (Å²) in [6, 6.07) is 9.52. The molecule has 1 aromatic carbocycles. The lowest BCUT2D eigenvalue weighted by molar-refractivity contribution is -0.383. The number of nitrogens with zero attached hydrogens (tertiary/aromatic N) is 3. The molecule has 0 saturated heterocycles. The van der Waals surface area contributed by atoms with E-state index in [0.29, 0.717) is 22.0 Å². The van der Waals surface area contributed by atoms with Gasteiger partial charge in [-0.25, -0.2) is 4.98 Å². The van der Waals surface area contributed by atoms with Gasteiger partial charge in [0.15, 0.2) is 0 Å². The van der Waals surface area contributed by atoms with Crippen LogP contribution >= 0.6 is 11.6 Å². The van der Waals surface area contributed by atoms with Crippen molar-refractivity contribution in [3.8, 4) is 11.3 Å². The number of aromatic nitrogens is 2. The van der Waals surface area contributed by atoms with Gasteiger partial charge in [0, 0.05) is 22.8 Å². The van der Waals surface area contributed by atoms with Crippen molar-refractivity contribution in [1.29, 1.82) is 0 Å². The number of imidazole rings is 1. The van der Waals surface area contributed by atoms with Gasteiger partial charge in [0.2, 0.25) is 5.65 Å². The van der Waals surface area contributed by atoms with Crippen LogP contribution in [0.3, 0.4) is 0 Å². The fraction of sp³-hybridized carbons (Fsp3) is 0.0667. The van der Waals surface area contributed by atoms with E-state index in [1.165, 1.54) is 16.5 Å². The minimum atomic E-state index is -1.05. The molecular formula is C15H10ClN3O4. The highest BCUT2D eigenvalue weighted by Gasteiger charge is 2.22. The van der Waals surface area contributed by atoms with Crippen LogP contribution in [0.1, 0.15) is 5.69 Å². The lowest BCUT2D eigenvalue weighted by Crippen LogP contribution is -2.05. The third-order valence-corrected chi connectivity index (χ3v) is 3.61. The summed E-state index contributed by atoms with van der Waals surface area (Å²) >= 11 is 5.86. The largest absolute Gasteiger partial charge is 0.481 e. The zero-order chi connectivity index (χ0) is 16.6. The van der Waals surface area contributed by atoms with Gasteiger partial charge < -0.3 is 5.11 Å². The van der Waals surface area contributed by atoms with Crippen molar-refractivity contribution in [3.05, 3.63) is 63.4 Å². The number of fused-ring (bicyclic) bond motifs is 1. The Morgan fingerprint density at radius 3 is 2.61 bits per heavy atom. The molecule has 0 saturated carbocycles. The first-order chi connectivity index (χ1) is 11.0. The molecule has 0 bridgehead atoms. The second kappa shape index (κ2) is 5.69. The summed E-state index contributed by atoms with van der Waals surface area (Å²) in [6.45, 7) is 0. The summed E-state index contributed by atoms with van der Waals surface area (Å²) in [6.07, 6.45) is 1.26. The minimum absolute atomic E-state index is 0.110. The summed E-state index contributed by atoms with van der Waals surface area (Å²) < 4.78 is 1.44. The number of benzene rings is 1. The Morgan fingerprint density at radius 1 is 1.30 bits per heavy atom. The Hall–Kier alpha value is -2.93. The molecule has 7 nitrogen and oxygen atoms in total. The molecule has 1 N–H and O–H groups in total. The van der Waals surface area contributed by atoms with Gasteiger partial charge in [-0.2, -0.15) is 0 Å². The van der Waals surface area contributed by atoms with E-state index >= 15 is 0 Å². The number of carboxylic acid groups (broad SMARTS) is 1. The van der Waals surface area contributed by atoms with Crippen LogP contribution in [0.25, 0.3) is 16.9 Å². The van der Waals surface area contributed by atoms with Crippen LogP contribution in [-0.4, -0.2) is 25.4 Å². The molecule has 116 valence electrons. The molecule has 0 unspecified atom stereocenters. The first kappa shape index (κ1) is 15.0. The van der Waals surface area contributed by atoms with E-state index in [-0.39, 0.29) is 17.8 Å². The number of carboxylic acids is 1. The quantitative estimate of drug-likeness (QED) is 0.584. The van der Waals surface area contributed by atoms with Crippen LogP contribution in [0.4, 0.5) is 5.69 Å². The Labute approximate surface area is 134 Å². The van der Waals surface area contributed by atoms with Crippen molar-refractivity contribution in [1.82, 2.24) is 9.38 Å². The van der Waals surface area contributed by atoms with Gasteiger partial charge in [0.05, 0.1) is 22.7 Å². The maximum Gasteiger partial charge on any atom is 0.312 e. The molecule has 23 heavy (non-hydrogen) atoms. The van der Waals surface area contributed by atoms with Gasteiger partial charge in [-0.3, -0.25) is 19.3 Å². The number of hydrogen-bond donors (Lipinski definition) is 1. The van der Waals surface area contributed by atoms with Crippen LogP contribution < -0.4 is 0 Å². The SMILES string of the molecule is O=C(O)Cc1c(-c2ccc(Cl)cc2)nc2c([N+](=O)[O-])cccn12. The molecule has 0 fully saturated rings. The number of aliphatic carboxylic acids is 1. The number of pyridine rings is 1. The summed E-state index contributed by atoms with van der Waals surface area (Å²) in [5.41, 5.74) is 1.33. The maximum absolute atomic E-state index is 11.2. The van der Waals surface area contributed by atoms with Gasteiger partial charge in [-0.1, -0.05) is 23.7 Å². The van der Waals surface area contributed by atoms with Crippen LogP contribution in [0, 0.1) is 10.1 Å². The normalized spacial score (nSPS) is 10.8. The Bertz CT molecular complexity index is 918. The molecule has 8 heteroatoms. The van der Waals surface area contributed by atoms with E-state index in [1.807, 2.05) is 0 Å². The molecule has 2 aromatic heterocycles. The van der Waals surface area contributed by atoms with Crippen LogP contribution in [0.15, 0.2) is 42.6 Å². The van der Waals surface area contributed by atoms with Crippen LogP contribution in [-0.2, 0) is 11.2 Å². The third kappa shape index (κ3) is 2.74. The minimum Gasteiger partial charge on any atom is -0.481 e. The molecule has 0 aliphatic rings. The van der Waals surface area contributed by atoms with Crippen molar-refractivity contribution in [2.45, 2.75) is 6.42 Å². The van der Waals surface area contributed by atoms with E-state index in [4.69, 9.17) is 16.7 Å². The fourth-order valence-electron chi connectivity index (χ4n) is 2.40. The van der Waals surface area contributed by atoms with E-state index < -0.39 is 10.9 Å². The Kier molecular flexibility index (Phi) is 3.71. The Balaban J connectivity index is 2.31. The molecule has 0 radical (unpaired) electrons. The highest BCUT2D eigenvalue weighted by atomic mass is 35.5. The summed E-state index contributed by atoms with van der Waals surface area (Å²) in [4.78, 5) is 26.1. The zero-order valence-electron chi connectivity index (χ0n) is 11.6. The highest BCUT2D eigenvalue weighted by Crippen LogP contribution is 2.29. The number of nitro groups is 1. The lowest BCUT2D eigenvalue weighted by atomic mass is 10.1. The van der Waals surface area contributed by atoms with E-state index in [2.05, 4.69) is 4.98 Å². The van der Waals surface area contributed by atoms with Gasteiger partial charge in [-0.05, 0) is 18.2 Å². The van der Waals surface area contributed by atoms with Crippen molar-refractivity contribution >= 4 is 28.9 Å². The van der Waals surface area contributed by atoms with Gasteiger partial charge in [0.1, 0.15) is 0 Å². The van der Waals surface area contributed by atoms with Crippen molar-refractivity contribution in [3.63, 3.8) is 0 Å². The molecule has 0 aliphatic heterocycles. The average Bonchev–Trinajstić information content (AvgIpc) is 2.86. The second-order valence-corrected chi connectivity index (χ2v) is 5.27. The first-order valence-electron chi connectivity index (χ1n) is 6.59. The molecular weight excluding hydrogens is 322 g/mol. The molecule has 0 aliphatic carbocycles. The van der Waals surface area contributed by atoms with Crippen molar-refractivity contribution < 1.29 is 14.8 Å². The summed E-state index contributed by atoms with van der Waals surface area (Å²) in [7, 11) is 0. The van der Waals surface area contributed by atoms with Gasteiger partial charge >= 0.3 is 11.7 Å². The van der Waals surface area contributed by atoms with E-state index in [0.717, 1.165) is 0 Å². The maximum atomic E-state index is 11.2. The average molecular weight is 332 g/mol. The topological polar surface area (TPSA) is 97.7 Å². The predicted molar refractivity (Wildman–Crippen MR) is 83.6 cm³/mol. The second-order valence-electron chi connectivity index (χ2n) is 4.83. The number of carbonyl (C=O) groups is 1.